The van der Waals surface area contributed by atoms with Gasteiger partial charge in [0.05, 0.1) is 54.0 Å². The number of aryl methyl sites for hydroxylation is 2. The summed E-state index contributed by atoms with van der Waals surface area (Å²) in [4.78, 5) is 47.5. The minimum Gasteiger partial charge on any atom is -0.311 e. The van der Waals surface area contributed by atoms with Gasteiger partial charge >= 0.3 is 0 Å². The average Bonchev–Trinajstić information content (AvgIpc) is 3.05. The summed E-state index contributed by atoms with van der Waals surface area (Å²) in [7, 11) is 0. The number of halogens is 4. The van der Waals surface area contributed by atoms with Crippen LogP contribution in [0.4, 0.5) is 13.2 Å². The van der Waals surface area contributed by atoms with Crippen molar-refractivity contribution in [3.05, 3.63) is 156 Å². The first-order valence-corrected chi connectivity index (χ1v) is 14.9. The molecule has 0 spiro atoms. The largest absolute Gasteiger partial charge is 0.311 e. The molecule has 0 saturated heterocycles. The summed E-state index contributed by atoms with van der Waals surface area (Å²) in [6.07, 6.45) is 4.84. The smallest absolute Gasteiger partial charge is 0.290 e. The van der Waals surface area contributed by atoms with Gasteiger partial charge in [-0.1, -0.05) is 90.4 Å². The van der Waals surface area contributed by atoms with Gasteiger partial charge in [0.2, 0.25) is 17.5 Å². The molecule has 0 aliphatic carbocycles. The van der Waals surface area contributed by atoms with Crippen LogP contribution in [0, 0.1) is 17.5 Å². The van der Waals surface area contributed by atoms with E-state index in [9.17, 15) is 27.6 Å². The van der Waals surface area contributed by atoms with Gasteiger partial charge in [-0.05, 0) is 30.9 Å². The van der Waals surface area contributed by atoms with E-state index in [1.807, 2.05) is 60.7 Å². The molecule has 0 radical (unpaired) electrons. The van der Waals surface area contributed by atoms with Gasteiger partial charge in [-0.3, -0.25) is 23.5 Å². The molecule has 0 fully saturated rings. The summed E-state index contributed by atoms with van der Waals surface area (Å²) < 4.78 is 42.5. The lowest BCUT2D eigenvalue weighted by Crippen LogP contribution is -2.26. The Labute approximate surface area is 265 Å². The van der Waals surface area contributed by atoms with Crippen LogP contribution in [0.5, 0.6) is 0 Å². The lowest BCUT2D eigenvalue weighted by Gasteiger charge is -2.08. The van der Waals surface area contributed by atoms with E-state index in [1.54, 1.807) is 20.8 Å². The number of nitrogens with one attached hydrogen (secondary N) is 1. The first-order valence-electron chi connectivity index (χ1n) is 14.0. The minimum atomic E-state index is -0.794. The minimum absolute atomic E-state index is 0.143. The molecule has 5 aromatic rings. The third kappa shape index (κ3) is 9.67. The summed E-state index contributed by atoms with van der Waals surface area (Å²) in [5.74, 6) is -2.31. The fourth-order valence-electron chi connectivity index (χ4n) is 3.95. The fraction of sp³-hybridized carbons (Fsp3) is 0.250. The van der Waals surface area contributed by atoms with Crippen molar-refractivity contribution in [2.24, 2.45) is 0 Å². The second-order valence-electron chi connectivity index (χ2n) is 9.60. The van der Waals surface area contributed by atoms with Crippen LogP contribution in [-0.2, 0) is 25.9 Å². The van der Waals surface area contributed by atoms with Crippen molar-refractivity contribution in [2.45, 2.75) is 51.5 Å². The Morgan fingerprint density at radius 3 is 1.64 bits per heavy atom. The molecule has 0 saturated carbocycles. The molecule has 45 heavy (non-hydrogen) atoms. The van der Waals surface area contributed by atoms with Gasteiger partial charge in [0.25, 0.3) is 16.7 Å². The molecular weight excluding hydrogens is 653 g/mol. The molecule has 236 valence electrons. The molecule has 0 bridgehead atoms. The highest BCUT2D eigenvalue weighted by Crippen LogP contribution is 2.20. The van der Waals surface area contributed by atoms with E-state index >= 15 is 0 Å². The highest BCUT2D eigenvalue weighted by Gasteiger charge is 2.15. The maximum Gasteiger partial charge on any atom is 0.290 e. The highest BCUT2D eigenvalue weighted by molar-refractivity contribution is 9.09. The van der Waals surface area contributed by atoms with Crippen molar-refractivity contribution in [3.8, 4) is 0 Å². The molecule has 0 aliphatic heterocycles. The molecule has 3 heterocycles. The topological polar surface area (TPSA) is 116 Å². The SMILES string of the molecule is CC(Br)c1ncn(Cc2ccccc2)c(=O)c1F.CCc1nc[nH]c(=O)c1F.CCc1ncn(Cc2ccccc2)c(=O)c1F. The Morgan fingerprint density at radius 2 is 1.18 bits per heavy atom. The van der Waals surface area contributed by atoms with Crippen LogP contribution in [0.3, 0.4) is 0 Å². The quantitative estimate of drug-likeness (QED) is 0.231. The van der Waals surface area contributed by atoms with Gasteiger partial charge in [-0.25, -0.2) is 15.0 Å². The summed E-state index contributed by atoms with van der Waals surface area (Å²) in [6, 6.07) is 18.8. The van der Waals surface area contributed by atoms with Gasteiger partial charge < -0.3 is 4.98 Å². The molecule has 0 amide bonds. The molecule has 1 N–H and O–H groups in total. The van der Waals surface area contributed by atoms with Crippen molar-refractivity contribution in [1.29, 1.82) is 0 Å². The van der Waals surface area contributed by atoms with Gasteiger partial charge in [0, 0.05) is 0 Å². The second kappa shape index (κ2) is 17.0. The molecule has 3 aromatic heterocycles. The van der Waals surface area contributed by atoms with Gasteiger partial charge in [-0.2, -0.15) is 13.2 Å². The predicted octanol–water partition coefficient (Wildman–Crippen LogP) is 5.35. The monoisotopic (exact) mass is 684 g/mol. The molecule has 1 atom stereocenters. The molecule has 5 rings (SSSR count). The second-order valence-corrected chi connectivity index (χ2v) is 11.0. The van der Waals surface area contributed by atoms with E-state index < -0.39 is 34.1 Å². The predicted molar refractivity (Wildman–Crippen MR) is 169 cm³/mol. The number of H-pyrrole nitrogens is 1. The number of aromatic amines is 1. The molecule has 1 unspecified atom stereocenters. The van der Waals surface area contributed by atoms with Crippen LogP contribution in [0.1, 0.15) is 53.8 Å². The standard InChI is InChI=1S/C13H12BrFN2O.C13H13FN2O.C6H7FN2O/c1-9(14)12-11(15)13(18)17(8-16-12)7-10-5-3-2-4-6-10;1-2-11-12(14)13(17)16(9-15-11)8-10-6-4-3-5-7-10;1-2-4-5(7)6(10)9-3-8-4/h2-6,8-9H,7H2,1H3;3-7,9H,2,8H2,1H3;3H,2H2,1H3,(H,8,9,10). The van der Waals surface area contributed by atoms with Crippen LogP contribution in [0.25, 0.3) is 0 Å². The molecule has 2 aromatic carbocycles. The van der Waals surface area contributed by atoms with E-state index in [0.29, 0.717) is 25.9 Å². The fourth-order valence-corrected chi connectivity index (χ4v) is 4.27. The van der Waals surface area contributed by atoms with E-state index in [-0.39, 0.29) is 21.9 Å². The van der Waals surface area contributed by atoms with E-state index in [4.69, 9.17) is 0 Å². The molecule has 0 aliphatic rings. The van der Waals surface area contributed by atoms with Crippen molar-refractivity contribution in [3.63, 3.8) is 0 Å². The Bertz CT molecular complexity index is 1860. The zero-order valence-electron chi connectivity index (χ0n) is 24.9. The normalized spacial score (nSPS) is 11.1. The zero-order chi connectivity index (χ0) is 32.9. The summed E-state index contributed by atoms with van der Waals surface area (Å²) in [6.45, 7) is 5.90. The Kier molecular flexibility index (Phi) is 13.2. The Balaban J connectivity index is 0.000000192. The summed E-state index contributed by atoms with van der Waals surface area (Å²) in [5.41, 5.74) is 0.496. The number of benzene rings is 2. The number of aromatic nitrogens is 6. The van der Waals surface area contributed by atoms with Crippen molar-refractivity contribution in [1.82, 2.24) is 29.1 Å². The third-order valence-corrected chi connectivity index (χ3v) is 6.81. The molecular formula is C32H32BrF3N6O3. The number of rotatable bonds is 7. The summed E-state index contributed by atoms with van der Waals surface area (Å²) >= 11 is 3.21. The van der Waals surface area contributed by atoms with Crippen LogP contribution in [0.2, 0.25) is 0 Å². The maximum atomic E-state index is 13.8. The van der Waals surface area contributed by atoms with Gasteiger partial charge in [0.1, 0.15) is 0 Å². The maximum absolute atomic E-state index is 13.8. The van der Waals surface area contributed by atoms with E-state index in [0.717, 1.165) is 11.1 Å². The average molecular weight is 686 g/mol. The Morgan fingerprint density at radius 1 is 0.711 bits per heavy atom. The van der Waals surface area contributed by atoms with Crippen molar-refractivity contribution >= 4 is 15.9 Å². The van der Waals surface area contributed by atoms with E-state index in [1.165, 1.54) is 28.1 Å². The number of hydrogen-bond donors (Lipinski definition) is 1. The zero-order valence-corrected chi connectivity index (χ0v) is 26.5. The highest BCUT2D eigenvalue weighted by atomic mass is 79.9. The first kappa shape index (κ1) is 34.8. The Hall–Kier alpha value is -4.65. The third-order valence-electron chi connectivity index (χ3n) is 6.37. The van der Waals surface area contributed by atoms with Crippen LogP contribution in [-0.4, -0.2) is 29.1 Å². The van der Waals surface area contributed by atoms with Crippen molar-refractivity contribution in [2.75, 3.05) is 0 Å². The van der Waals surface area contributed by atoms with Gasteiger partial charge in [0.15, 0.2) is 0 Å². The molecule has 13 heteroatoms. The number of alkyl halides is 1. The van der Waals surface area contributed by atoms with Crippen LogP contribution < -0.4 is 16.7 Å². The lowest BCUT2D eigenvalue weighted by atomic mass is 10.2. The van der Waals surface area contributed by atoms with Gasteiger partial charge in [-0.15, -0.1) is 0 Å². The lowest BCUT2D eigenvalue weighted by molar-refractivity contribution is 0.549. The van der Waals surface area contributed by atoms with Crippen LogP contribution in [0.15, 0.2) is 94.0 Å². The van der Waals surface area contributed by atoms with Crippen molar-refractivity contribution < 1.29 is 13.2 Å². The first-order chi connectivity index (χ1) is 21.6. The molecule has 9 nitrogen and oxygen atoms in total. The van der Waals surface area contributed by atoms with E-state index in [2.05, 4.69) is 35.9 Å². The number of nitrogens with zero attached hydrogens (tertiary/aromatic N) is 5. The summed E-state index contributed by atoms with van der Waals surface area (Å²) in [5, 5.41) is 0. The van der Waals surface area contributed by atoms with Crippen LogP contribution >= 0.6 is 15.9 Å². The number of hydrogen-bond acceptors (Lipinski definition) is 6.